The van der Waals surface area contributed by atoms with Crippen LogP contribution >= 0.6 is 0 Å². The van der Waals surface area contributed by atoms with E-state index in [-0.39, 0.29) is 35.1 Å². The van der Waals surface area contributed by atoms with E-state index in [1.807, 2.05) is 6.07 Å². The average Bonchev–Trinajstić information content (AvgIpc) is 3.53. The van der Waals surface area contributed by atoms with Gasteiger partial charge in [-0.05, 0) is 31.2 Å². The number of Topliss-reactive ketones (excluding diaryl/α,β-unsaturated/α-hetero) is 1. The Morgan fingerprint density at radius 2 is 2.12 bits per heavy atom. The molecule has 11 heteroatoms. The maximum Gasteiger partial charge on any atom is 0.337 e. The van der Waals surface area contributed by atoms with Crippen LogP contribution in [0.1, 0.15) is 49.6 Å². The lowest BCUT2D eigenvalue weighted by molar-refractivity contribution is -0.122. The minimum Gasteiger partial charge on any atom is -0.364 e. The van der Waals surface area contributed by atoms with Gasteiger partial charge in [-0.2, -0.15) is 19.5 Å². The van der Waals surface area contributed by atoms with Crippen LogP contribution in [0.3, 0.4) is 0 Å². The van der Waals surface area contributed by atoms with Crippen molar-refractivity contribution in [2.75, 3.05) is 11.9 Å². The van der Waals surface area contributed by atoms with Gasteiger partial charge in [0.15, 0.2) is 29.9 Å². The fourth-order valence-corrected chi connectivity index (χ4v) is 4.86. The molecule has 0 radical (unpaired) electrons. The zero-order valence-electron chi connectivity index (χ0n) is 19.0. The van der Waals surface area contributed by atoms with Crippen LogP contribution in [0.15, 0.2) is 24.4 Å². The number of quaternary nitrogens is 1. The van der Waals surface area contributed by atoms with Crippen LogP contribution in [0.5, 0.6) is 0 Å². The summed E-state index contributed by atoms with van der Waals surface area (Å²) in [6.07, 6.45) is 3.73. The first-order valence-corrected chi connectivity index (χ1v) is 11.3. The van der Waals surface area contributed by atoms with E-state index in [2.05, 4.69) is 34.3 Å². The number of fused-ring (bicyclic) bond motifs is 1. The summed E-state index contributed by atoms with van der Waals surface area (Å²) in [6.45, 7) is 4.06. The molecule has 1 fully saturated rings. The highest BCUT2D eigenvalue weighted by molar-refractivity contribution is 5.98. The van der Waals surface area contributed by atoms with Gasteiger partial charge in [0.1, 0.15) is 5.82 Å². The van der Waals surface area contributed by atoms with Crippen molar-refractivity contribution in [1.82, 2.24) is 29.6 Å². The highest BCUT2D eigenvalue weighted by atomic mass is 19.1. The summed E-state index contributed by atoms with van der Waals surface area (Å²) in [6, 6.07) is 3.70. The molecule has 3 aromatic rings. The maximum absolute atomic E-state index is 13.7. The van der Waals surface area contributed by atoms with Crippen LogP contribution in [0, 0.1) is 5.95 Å². The summed E-state index contributed by atoms with van der Waals surface area (Å²) in [7, 11) is 0. The number of primary amides is 1. The molecule has 0 bridgehead atoms. The number of hydrogen-bond acceptors (Lipinski definition) is 7. The van der Waals surface area contributed by atoms with Gasteiger partial charge in [-0.3, -0.25) is 14.7 Å². The third-order valence-electron chi connectivity index (χ3n) is 6.62. The topological polar surface area (TPSA) is 140 Å². The van der Waals surface area contributed by atoms with Crippen LogP contribution < -0.4 is 15.5 Å². The lowest BCUT2D eigenvalue weighted by atomic mass is 10.1. The van der Waals surface area contributed by atoms with Gasteiger partial charge in [0, 0.05) is 23.4 Å². The largest absolute Gasteiger partial charge is 0.364 e. The number of aromatic nitrogens is 5. The molecule has 0 saturated carbocycles. The van der Waals surface area contributed by atoms with E-state index in [0.29, 0.717) is 17.3 Å². The molecule has 1 aliphatic heterocycles. The Morgan fingerprint density at radius 3 is 2.79 bits per heavy atom. The van der Waals surface area contributed by atoms with E-state index in [1.54, 1.807) is 0 Å². The number of nitrogens with two attached hydrogens (primary N) is 1. The highest BCUT2D eigenvalue weighted by Gasteiger charge is 2.55. The van der Waals surface area contributed by atoms with Crippen molar-refractivity contribution in [3.8, 4) is 0 Å². The van der Waals surface area contributed by atoms with Gasteiger partial charge in [0.05, 0.1) is 18.3 Å². The fourth-order valence-electron chi connectivity index (χ4n) is 4.86. The Balaban J connectivity index is 1.67. The molecule has 3 aromatic heterocycles. The van der Waals surface area contributed by atoms with E-state index >= 15 is 0 Å². The Bertz CT molecular complexity index is 1270. The second kappa shape index (κ2) is 8.24. The monoisotopic (exact) mass is 465 g/mol. The molecule has 4 N–H and O–H groups in total. The number of amides is 1. The van der Waals surface area contributed by atoms with Gasteiger partial charge in [0.2, 0.25) is 5.95 Å². The van der Waals surface area contributed by atoms with Crippen molar-refractivity contribution >= 4 is 35.0 Å². The highest BCUT2D eigenvalue weighted by Crippen LogP contribution is 2.42. The number of H-pyrrole nitrogens is 1. The molecule has 2 aliphatic rings. The van der Waals surface area contributed by atoms with Crippen LogP contribution in [0.4, 0.5) is 27.7 Å². The van der Waals surface area contributed by atoms with E-state index in [9.17, 15) is 14.0 Å². The van der Waals surface area contributed by atoms with Gasteiger partial charge < -0.3 is 11.1 Å². The van der Waals surface area contributed by atoms with Crippen molar-refractivity contribution in [1.29, 1.82) is 0 Å². The molecule has 4 heterocycles. The molecule has 34 heavy (non-hydrogen) atoms. The second-order valence-corrected chi connectivity index (χ2v) is 9.17. The van der Waals surface area contributed by atoms with Crippen molar-refractivity contribution in [3.63, 3.8) is 0 Å². The first kappa shape index (κ1) is 22.1. The number of halogens is 1. The Kier molecular flexibility index (Phi) is 5.35. The molecule has 1 amide bonds. The number of hydrogen-bond donors (Lipinski definition) is 3. The van der Waals surface area contributed by atoms with Gasteiger partial charge in [-0.25, -0.2) is 9.47 Å². The smallest absolute Gasteiger partial charge is 0.337 e. The number of carbonyl (C=O) groups is 2. The van der Waals surface area contributed by atoms with Crippen molar-refractivity contribution in [2.24, 2.45) is 5.73 Å². The summed E-state index contributed by atoms with van der Waals surface area (Å²) < 4.78 is 13.3. The SMILES string of the molecule is CC(C)c1cc(Nc2nc([N+]3(c4ccc(F)nc4)CC(=O)CC3C(N)=O)nc3c2CCC3)n[nH]1. The van der Waals surface area contributed by atoms with Crippen molar-refractivity contribution < 1.29 is 14.0 Å². The quantitative estimate of drug-likeness (QED) is 0.375. The van der Waals surface area contributed by atoms with Crippen LogP contribution in [-0.2, 0) is 22.4 Å². The van der Waals surface area contributed by atoms with E-state index in [0.717, 1.165) is 36.2 Å². The summed E-state index contributed by atoms with van der Waals surface area (Å²) in [5.74, 6) is 0.256. The number of carbonyl (C=O) groups excluding carboxylic acids is 2. The zero-order chi connectivity index (χ0) is 24.0. The first-order chi connectivity index (χ1) is 16.3. The van der Waals surface area contributed by atoms with Crippen LogP contribution in [-0.4, -0.2) is 49.4 Å². The summed E-state index contributed by atoms with van der Waals surface area (Å²) >= 11 is 0. The Labute approximate surface area is 195 Å². The zero-order valence-corrected chi connectivity index (χ0v) is 19.0. The molecular formula is C23H26FN8O2+. The number of pyridine rings is 1. The average molecular weight is 466 g/mol. The molecule has 1 aliphatic carbocycles. The molecular weight excluding hydrogens is 439 g/mol. The lowest BCUT2D eigenvalue weighted by Gasteiger charge is -2.34. The second-order valence-electron chi connectivity index (χ2n) is 9.17. The number of aryl methyl sites for hydroxylation is 1. The summed E-state index contributed by atoms with van der Waals surface area (Å²) in [4.78, 5) is 38.6. The molecule has 2 atom stereocenters. The molecule has 5 rings (SSSR count). The minimum atomic E-state index is -0.926. The van der Waals surface area contributed by atoms with Crippen LogP contribution in [0.25, 0.3) is 0 Å². The Hall–Kier alpha value is -3.73. The molecule has 10 nitrogen and oxygen atoms in total. The third-order valence-corrected chi connectivity index (χ3v) is 6.62. The standard InChI is InChI=1S/C23H25FN8O2/c1-12(2)17-9-20(31-30-17)28-22-15-4-3-5-16(15)27-23(29-22)32(13-6-7-19(24)26-10-13)11-14(33)8-18(32)21(25)34/h6-7,9-10,12,18H,3-5,8,11H2,1-2H3,(H3-,25,27,28,29,30,31,34)/p+1. The van der Waals surface area contributed by atoms with Gasteiger partial charge >= 0.3 is 5.95 Å². The first-order valence-electron chi connectivity index (χ1n) is 11.3. The van der Waals surface area contributed by atoms with E-state index in [4.69, 9.17) is 15.7 Å². The number of nitrogens with zero attached hydrogens (tertiary/aromatic N) is 5. The maximum atomic E-state index is 13.7. The number of rotatable bonds is 6. The predicted octanol–water partition coefficient (Wildman–Crippen LogP) is 2.56. The third kappa shape index (κ3) is 3.61. The number of nitrogens with one attached hydrogen (secondary N) is 2. The van der Waals surface area contributed by atoms with E-state index in [1.165, 1.54) is 18.3 Å². The molecule has 2 unspecified atom stereocenters. The number of aromatic amines is 1. The Morgan fingerprint density at radius 1 is 1.29 bits per heavy atom. The molecule has 0 aromatic carbocycles. The lowest BCUT2D eigenvalue weighted by Crippen LogP contribution is -2.55. The van der Waals surface area contributed by atoms with Gasteiger partial charge in [0.25, 0.3) is 5.91 Å². The molecule has 176 valence electrons. The van der Waals surface area contributed by atoms with E-state index < -0.39 is 17.9 Å². The minimum absolute atomic E-state index is 0.0486. The predicted molar refractivity (Wildman–Crippen MR) is 123 cm³/mol. The van der Waals surface area contributed by atoms with Crippen molar-refractivity contribution in [3.05, 3.63) is 47.3 Å². The van der Waals surface area contributed by atoms with Gasteiger partial charge in [-0.15, -0.1) is 0 Å². The fraction of sp³-hybridized carbons (Fsp3) is 0.391. The van der Waals surface area contributed by atoms with Gasteiger partial charge in [-0.1, -0.05) is 13.8 Å². The molecule has 1 saturated heterocycles. The molecule has 0 spiro atoms. The van der Waals surface area contributed by atoms with Crippen molar-refractivity contribution in [2.45, 2.75) is 51.5 Å². The summed E-state index contributed by atoms with van der Waals surface area (Å²) in [5.41, 5.74) is 9.00. The summed E-state index contributed by atoms with van der Waals surface area (Å²) in [5, 5.41) is 10.7. The van der Waals surface area contributed by atoms with Crippen LogP contribution in [0.2, 0.25) is 0 Å². The normalized spacial score (nSPS) is 21.8. The number of ketones is 1. The number of anilines is 2.